The highest BCUT2D eigenvalue weighted by molar-refractivity contribution is 5.85. The van der Waals surface area contributed by atoms with Gasteiger partial charge in [0.15, 0.2) is 0 Å². The lowest BCUT2D eigenvalue weighted by Crippen LogP contribution is -2.43. The summed E-state index contributed by atoms with van der Waals surface area (Å²) in [6.45, 7) is 2.88. The molecule has 2 unspecified atom stereocenters. The number of amides is 1. The van der Waals surface area contributed by atoms with Crippen molar-refractivity contribution < 1.29 is 4.79 Å². The van der Waals surface area contributed by atoms with Crippen LogP contribution in [0.2, 0.25) is 0 Å². The van der Waals surface area contributed by atoms with Gasteiger partial charge in [0, 0.05) is 44.2 Å². The number of halogens is 1. The van der Waals surface area contributed by atoms with E-state index in [1.807, 2.05) is 37.3 Å². The Kier molecular flexibility index (Phi) is 5.98. The zero-order valence-electron chi connectivity index (χ0n) is 14.4. The van der Waals surface area contributed by atoms with E-state index in [2.05, 4.69) is 5.10 Å². The van der Waals surface area contributed by atoms with Gasteiger partial charge in [0.1, 0.15) is 0 Å². The van der Waals surface area contributed by atoms with Crippen LogP contribution >= 0.6 is 12.4 Å². The van der Waals surface area contributed by atoms with Crippen molar-refractivity contribution in [3.8, 4) is 0 Å². The molecule has 25 heavy (non-hydrogen) atoms. The molecule has 2 heterocycles. The van der Waals surface area contributed by atoms with Gasteiger partial charge in [0.05, 0.1) is 11.6 Å². The van der Waals surface area contributed by atoms with E-state index in [1.165, 1.54) is 4.68 Å². The molecule has 0 radical (unpaired) electrons. The van der Waals surface area contributed by atoms with E-state index in [1.54, 1.807) is 18.0 Å². The maximum absolute atomic E-state index is 12.8. The van der Waals surface area contributed by atoms with E-state index in [9.17, 15) is 9.59 Å². The topological polar surface area (TPSA) is 81.2 Å². The Hall–Kier alpha value is -2.18. The van der Waals surface area contributed by atoms with Crippen molar-refractivity contribution in [1.29, 1.82) is 0 Å². The third kappa shape index (κ3) is 3.91. The average molecular weight is 363 g/mol. The fraction of sp³-hybridized carbons (Fsp3) is 0.389. The summed E-state index contributed by atoms with van der Waals surface area (Å²) in [5, 5.41) is 4.28. The largest absolute Gasteiger partial charge is 0.338 e. The van der Waals surface area contributed by atoms with Crippen molar-refractivity contribution in [2.75, 3.05) is 6.54 Å². The third-order valence-electron chi connectivity index (χ3n) is 4.66. The summed E-state index contributed by atoms with van der Waals surface area (Å²) in [7, 11) is 1.64. The molecular weight excluding hydrogens is 340 g/mol. The number of carbonyl (C=O) groups is 1. The van der Waals surface area contributed by atoms with Gasteiger partial charge in [-0.1, -0.05) is 37.3 Å². The summed E-state index contributed by atoms with van der Waals surface area (Å²) in [5.41, 5.74) is 8.79. The van der Waals surface area contributed by atoms with Crippen molar-refractivity contribution in [1.82, 2.24) is 14.7 Å². The molecule has 1 aromatic heterocycles. The summed E-state index contributed by atoms with van der Waals surface area (Å²) >= 11 is 0. The summed E-state index contributed by atoms with van der Waals surface area (Å²) in [6.07, 6.45) is 0.655. The van der Waals surface area contributed by atoms with Gasteiger partial charge in [-0.05, 0) is 5.56 Å². The minimum atomic E-state index is -0.345. The standard InChI is InChI=1S/C18H22N4O2.ClH/c1-12(17(19)13-6-4-3-5-7-13)18(24)22-9-8-15-14(11-22)10-16(23)21(2)20-15;/h3-7,10,12,17H,8-9,11,19H2,1-2H3;1H. The summed E-state index contributed by atoms with van der Waals surface area (Å²) in [5.74, 6) is -0.314. The maximum Gasteiger partial charge on any atom is 0.266 e. The molecule has 134 valence electrons. The number of nitrogens with two attached hydrogens (primary N) is 1. The molecule has 3 rings (SSSR count). The van der Waals surface area contributed by atoms with Crippen LogP contribution in [0.4, 0.5) is 0 Å². The van der Waals surface area contributed by atoms with Gasteiger partial charge in [-0.3, -0.25) is 9.59 Å². The molecule has 1 amide bonds. The highest BCUT2D eigenvalue weighted by Crippen LogP contribution is 2.24. The first-order valence-corrected chi connectivity index (χ1v) is 8.13. The fourth-order valence-electron chi connectivity index (χ4n) is 3.09. The molecule has 1 aliphatic heterocycles. The van der Waals surface area contributed by atoms with Crippen molar-refractivity contribution in [3.05, 3.63) is 63.6 Å². The Morgan fingerprint density at radius 3 is 2.64 bits per heavy atom. The SMILES string of the molecule is CC(C(=O)N1CCc2nn(C)c(=O)cc2C1)C(N)c1ccccc1.Cl. The quantitative estimate of drug-likeness (QED) is 0.895. The number of hydrogen-bond acceptors (Lipinski definition) is 4. The van der Waals surface area contributed by atoms with E-state index >= 15 is 0 Å². The predicted molar refractivity (Wildman–Crippen MR) is 98.4 cm³/mol. The molecular formula is C18H23ClN4O2. The first kappa shape index (κ1) is 19.1. The Morgan fingerprint density at radius 2 is 1.96 bits per heavy atom. The minimum absolute atomic E-state index is 0. The number of rotatable bonds is 3. The van der Waals surface area contributed by atoms with Crippen molar-refractivity contribution in [2.24, 2.45) is 18.7 Å². The minimum Gasteiger partial charge on any atom is -0.338 e. The number of aromatic nitrogens is 2. The second-order valence-corrected chi connectivity index (χ2v) is 6.31. The second kappa shape index (κ2) is 7.80. The van der Waals surface area contributed by atoms with Crippen LogP contribution in [0.1, 0.15) is 29.8 Å². The Bertz CT molecular complexity index is 806. The van der Waals surface area contributed by atoms with E-state index in [4.69, 9.17) is 5.73 Å². The van der Waals surface area contributed by atoms with Crippen LogP contribution in [0.15, 0.2) is 41.2 Å². The molecule has 1 aliphatic rings. The monoisotopic (exact) mass is 362 g/mol. The first-order valence-electron chi connectivity index (χ1n) is 8.13. The molecule has 6 nitrogen and oxygen atoms in total. The van der Waals surface area contributed by atoms with Gasteiger partial charge in [-0.25, -0.2) is 4.68 Å². The lowest BCUT2D eigenvalue weighted by molar-refractivity contribution is -0.136. The van der Waals surface area contributed by atoms with E-state index in [0.29, 0.717) is 19.5 Å². The van der Waals surface area contributed by atoms with Crippen LogP contribution in [-0.4, -0.2) is 27.1 Å². The normalized spacial score (nSPS) is 15.7. The molecule has 1 aromatic carbocycles. The van der Waals surface area contributed by atoms with Crippen molar-refractivity contribution in [3.63, 3.8) is 0 Å². The van der Waals surface area contributed by atoms with Crippen LogP contribution in [0.3, 0.4) is 0 Å². The molecule has 0 saturated carbocycles. The summed E-state index contributed by atoms with van der Waals surface area (Å²) < 4.78 is 1.34. The Morgan fingerprint density at radius 1 is 1.28 bits per heavy atom. The van der Waals surface area contributed by atoms with Crippen LogP contribution in [0.5, 0.6) is 0 Å². The average Bonchev–Trinajstić information content (AvgIpc) is 2.61. The van der Waals surface area contributed by atoms with E-state index in [0.717, 1.165) is 16.8 Å². The number of nitrogens with zero attached hydrogens (tertiary/aromatic N) is 3. The lowest BCUT2D eigenvalue weighted by Gasteiger charge is -2.32. The van der Waals surface area contributed by atoms with Gasteiger partial charge in [0.25, 0.3) is 5.56 Å². The number of hydrogen-bond donors (Lipinski definition) is 1. The molecule has 2 atom stereocenters. The van der Waals surface area contributed by atoms with E-state index < -0.39 is 0 Å². The maximum atomic E-state index is 12.8. The van der Waals surface area contributed by atoms with Crippen LogP contribution in [0, 0.1) is 5.92 Å². The third-order valence-corrected chi connectivity index (χ3v) is 4.66. The molecule has 0 saturated heterocycles. The Balaban J connectivity index is 0.00000225. The number of benzene rings is 1. The van der Waals surface area contributed by atoms with Gasteiger partial charge < -0.3 is 10.6 Å². The second-order valence-electron chi connectivity index (χ2n) is 6.31. The summed E-state index contributed by atoms with van der Waals surface area (Å²) in [6, 6.07) is 10.9. The predicted octanol–water partition coefficient (Wildman–Crippen LogP) is 1.42. The van der Waals surface area contributed by atoms with Crippen LogP contribution in [-0.2, 0) is 24.8 Å². The fourth-order valence-corrected chi connectivity index (χ4v) is 3.09. The van der Waals surface area contributed by atoms with Crippen LogP contribution in [0.25, 0.3) is 0 Å². The van der Waals surface area contributed by atoms with Crippen molar-refractivity contribution >= 4 is 18.3 Å². The zero-order valence-corrected chi connectivity index (χ0v) is 15.2. The zero-order chi connectivity index (χ0) is 17.3. The molecule has 0 fully saturated rings. The smallest absolute Gasteiger partial charge is 0.266 e. The van der Waals surface area contributed by atoms with Gasteiger partial charge in [-0.15, -0.1) is 12.4 Å². The molecule has 2 N–H and O–H groups in total. The van der Waals surface area contributed by atoms with Gasteiger partial charge in [0.2, 0.25) is 5.91 Å². The number of carbonyl (C=O) groups excluding carboxylic acids is 1. The molecule has 7 heteroatoms. The molecule has 0 spiro atoms. The number of aryl methyl sites for hydroxylation is 1. The molecule has 0 aliphatic carbocycles. The van der Waals surface area contributed by atoms with Gasteiger partial charge in [-0.2, -0.15) is 5.10 Å². The molecule has 0 bridgehead atoms. The molecule has 2 aromatic rings. The van der Waals surface area contributed by atoms with Crippen molar-refractivity contribution in [2.45, 2.75) is 25.9 Å². The number of fused-ring (bicyclic) bond motifs is 1. The lowest BCUT2D eigenvalue weighted by atomic mass is 9.93. The van der Waals surface area contributed by atoms with Gasteiger partial charge >= 0.3 is 0 Å². The summed E-state index contributed by atoms with van der Waals surface area (Å²) in [4.78, 5) is 26.4. The van der Waals surface area contributed by atoms with E-state index in [-0.39, 0.29) is 35.8 Å². The highest BCUT2D eigenvalue weighted by Gasteiger charge is 2.29. The first-order chi connectivity index (χ1) is 11.5. The Labute approximate surface area is 153 Å². The van der Waals surface area contributed by atoms with Crippen LogP contribution < -0.4 is 11.3 Å². The highest BCUT2D eigenvalue weighted by atomic mass is 35.5.